The molecule has 0 saturated carbocycles. The predicted molar refractivity (Wildman–Crippen MR) is 97.2 cm³/mol. The van der Waals surface area contributed by atoms with Gasteiger partial charge in [0.1, 0.15) is 5.75 Å². The van der Waals surface area contributed by atoms with E-state index < -0.39 is 6.10 Å². The quantitative estimate of drug-likeness (QED) is 0.861. The highest BCUT2D eigenvalue weighted by Crippen LogP contribution is 2.30. The monoisotopic (exact) mass is 356 g/mol. The molecule has 2 aromatic rings. The molecule has 136 valence electrons. The second kappa shape index (κ2) is 7.77. The Morgan fingerprint density at radius 3 is 2.42 bits per heavy atom. The highest BCUT2D eigenvalue weighted by molar-refractivity contribution is 6.06. The van der Waals surface area contributed by atoms with Crippen LogP contribution in [0.5, 0.6) is 17.2 Å². The zero-order chi connectivity index (χ0) is 18.5. The van der Waals surface area contributed by atoms with Crippen LogP contribution in [-0.2, 0) is 9.63 Å². The van der Waals surface area contributed by atoms with Crippen LogP contribution in [0.25, 0.3) is 0 Å². The molecule has 2 aromatic carbocycles. The smallest absolute Gasteiger partial charge is 0.268 e. The van der Waals surface area contributed by atoms with Gasteiger partial charge < -0.3 is 24.4 Å². The van der Waals surface area contributed by atoms with E-state index in [2.05, 4.69) is 10.5 Å². The molecule has 7 nitrogen and oxygen atoms in total. The van der Waals surface area contributed by atoms with Gasteiger partial charge >= 0.3 is 0 Å². The molecule has 1 unspecified atom stereocenters. The summed E-state index contributed by atoms with van der Waals surface area (Å²) in [6, 6.07) is 12.6. The van der Waals surface area contributed by atoms with Gasteiger partial charge in [0.05, 0.1) is 27.0 Å². The number of hydrogen-bond acceptors (Lipinski definition) is 6. The van der Waals surface area contributed by atoms with Gasteiger partial charge in [-0.3, -0.25) is 4.79 Å². The molecule has 0 aromatic heterocycles. The first-order valence-electron chi connectivity index (χ1n) is 8.04. The summed E-state index contributed by atoms with van der Waals surface area (Å²) >= 11 is 0. The molecule has 26 heavy (non-hydrogen) atoms. The van der Waals surface area contributed by atoms with Crippen LogP contribution in [0.1, 0.15) is 12.0 Å². The maximum Gasteiger partial charge on any atom is 0.268 e. The first-order chi connectivity index (χ1) is 12.6. The van der Waals surface area contributed by atoms with Gasteiger partial charge in [-0.1, -0.05) is 5.16 Å². The van der Waals surface area contributed by atoms with E-state index in [4.69, 9.17) is 19.0 Å². The molecule has 1 amide bonds. The summed E-state index contributed by atoms with van der Waals surface area (Å²) in [5, 5.41) is 6.84. The van der Waals surface area contributed by atoms with Crippen LogP contribution in [0.15, 0.2) is 47.6 Å². The topological polar surface area (TPSA) is 78.4 Å². The summed E-state index contributed by atoms with van der Waals surface area (Å²) in [4.78, 5) is 17.7. The average Bonchev–Trinajstić information content (AvgIpc) is 3.18. The fourth-order valence-corrected chi connectivity index (χ4v) is 2.61. The molecule has 0 aliphatic carbocycles. The van der Waals surface area contributed by atoms with Gasteiger partial charge in [-0.2, -0.15) is 0 Å². The van der Waals surface area contributed by atoms with Crippen LogP contribution in [0.3, 0.4) is 0 Å². The Morgan fingerprint density at radius 1 is 1.04 bits per heavy atom. The summed E-state index contributed by atoms with van der Waals surface area (Å²) < 4.78 is 15.6. The Labute approximate surface area is 151 Å². The molecular formula is C19H20N2O5. The van der Waals surface area contributed by atoms with E-state index in [0.717, 1.165) is 17.0 Å². The maximum atomic E-state index is 12.4. The molecule has 1 atom stereocenters. The van der Waals surface area contributed by atoms with Crippen molar-refractivity contribution in [1.82, 2.24) is 0 Å². The van der Waals surface area contributed by atoms with Crippen LogP contribution >= 0.6 is 0 Å². The standard InChI is InChI=1S/C19H20N2O5/c1-23-14-7-4-12(5-8-14)15-11-18(26-21-15)19(22)20-13-6-9-16(24-2)17(10-13)25-3/h4-10,18H,11H2,1-3H3,(H,20,22). The number of hydrogen-bond donors (Lipinski definition) is 1. The molecule has 0 fully saturated rings. The Kier molecular flexibility index (Phi) is 5.26. The largest absolute Gasteiger partial charge is 0.497 e. The third kappa shape index (κ3) is 3.72. The van der Waals surface area contributed by atoms with Crippen molar-refractivity contribution in [2.75, 3.05) is 26.6 Å². The van der Waals surface area contributed by atoms with Crippen molar-refractivity contribution in [2.45, 2.75) is 12.5 Å². The van der Waals surface area contributed by atoms with Gasteiger partial charge in [0.15, 0.2) is 11.5 Å². The summed E-state index contributed by atoms with van der Waals surface area (Å²) in [5.41, 5.74) is 2.21. The lowest BCUT2D eigenvalue weighted by Crippen LogP contribution is -2.28. The highest BCUT2D eigenvalue weighted by Gasteiger charge is 2.29. The molecule has 0 radical (unpaired) electrons. The van der Waals surface area contributed by atoms with Gasteiger partial charge in [0.2, 0.25) is 6.10 Å². The second-order valence-corrected chi connectivity index (χ2v) is 5.62. The van der Waals surface area contributed by atoms with Gasteiger partial charge in [-0.15, -0.1) is 0 Å². The molecule has 0 bridgehead atoms. The molecule has 1 heterocycles. The Bertz CT molecular complexity index is 817. The number of amides is 1. The van der Waals surface area contributed by atoms with Gasteiger partial charge in [-0.05, 0) is 42.0 Å². The van der Waals surface area contributed by atoms with E-state index in [9.17, 15) is 4.79 Å². The summed E-state index contributed by atoms with van der Waals surface area (Å²) in [6.45, 7) is 0. The van der Waals surface area contributed by atoms with Crippen molar-refractivity contribution < 1.29 is 23.8 Å². The van der Waals surface area contributed by atoms with Crippen LogP contribution in [-0.4, -0.2) is 39.1 Å². The minimum Gasteiger partial charge on any atom is -0.497 e. The van der Waals surface area contributed by atoms with Crippen molar-refractivity contribution in [2.24, 2.45) is 5.16 Å². The predicted octanol–water partition coefficient (Wildman–Crippen LogP) is 2.84. The maximum absolute atomic E-state index is 12.4. The summed E-state index contributed by atoms with van der Waals surface area (Å²) in [5.74, 6) is 1.61. The van der Waals surface area contributed by atoms with E-state index in [1.807, 2.05) is 24.3 Å². The fourth-order valence-electron chi connectivity index (χ4n) is 2.61. The molecule has 1 N–H and O–H groups in total. The average molecular weight is 356 g/mol. The van der Waals surface area contributed by atoms with E-state index in [-0.39, 0.29) is 5.91 Å². The van der Waals surface area contributed by atoms with Crippen molar-refractivity contribution in [3.63, 3.8) is 0 Å². The number of anilines is 1. The number of methoxy groups -OCH3 is 3. The van der Waals surface area contributed by atoms with Crippen LogP contribution < -0.4 is 19.5 Å². The molecule has 7 heteroatoms. The van der Waals surface area contributed by atoms with Crippen molar-refractivity contribution in [3.05, 3.63) is 48.0 Å². The number of oxime groups is 1. The van der Waals surface area contributed by atoms with Crippen LogP contribution in [0.4, 0.5) is 5.69 Å². The highest BCUT2D eigenvalue weighted by atomic mass is 16.6. The number of carbonyl (C=O) groups excluding carboxylic acids is 1. The fraction of sp³-hybridized carbons (Fsp3) is 0.263. The van der Waals surface area contributed by atoms with Crippen LogP contribution in [0.2, 0.25) is 0 Å². The molecule has 1 aliphatic heterocycles. The summed E-state index contributed by atoms with van der Waals surface area (Å²) in [6.07, 6.45) is -0.286. The first-order valence-corrected chi connectivity index (χ1v) is 8.04. The van der Waals surface area contributed by atoms with E-state index in [1.54, 1.807) is 39.5 Å². The third-order valence-corrected chi connectivity index (χ3v) is 4.04. The molecule has 3 rings (SSSR count). The zero-order valence-electron chi connectivity index (χ0n) is 14.8. The number of nitrogens with one attached hydrogen (secondary N) is 1. The second-order valence-electron chi connectivity index (χ2n) is 5.62. The Morgan fingerprint density at radius 2 is 1.77 bits per heavy atom. The number of nitrogens with zero attached hydrogens (tertiary/aromatic N) is 1. The number of rotatable bonds is 6. The lowest BCUT2D eigenvalue weighted by Gasteiger charge is -2.12. The van der Waals surface area contributed by atoms with E-state index in [1.165, 1.54) is 0 Å². The SMILES string of the molecule is COc1ccc(C2=NOC(C(=O)Nc3ccc(OC)c(OC)c3)C2)cc1. The minimum atomic E-state index is -0.680. The first kappa shape index (κ1) is 17.6. The number of benzene rings is 2. The summed E-state index contributed by atoms with van der Waals surface area (Å²) in [7, 11) is 4.71. The molecule has 1 aliphatic rings. The lowest BCUT2D eigenvalue weighted by molar-refractivity contribution is -0.125. The Balaban J connectivity index is 1.63. The number of ether oxygens (including phenoxy) is 3. The van der Waals surface area contributed by atoms with Gasteiger partial charge in [0, 0.05) is 18.2 Å². The van der Waals surface area contributed by atoms with Crippen molar-refractivity contribution in [3.8, 4) is 17.2 Å². The molecule has 0 saturated heterocycles. The Hall–Kier alpha value is -3.22. The van der Waals surface area contributed by atoms with Crippen molar-refractivity contribution in [1.29, 1.82) is 0 Å². The normalized spacial score (nSPS) is 15.7. The molecular weight excluding hydrogens is 336 g/mol. The van der Waals surface area contributed by atoms with E-state index in [0.29, 0.717) is 23.6 Å². The van der Waals surface area contributed by atoms with Gasteiger partial charge in [0.25, 0.3) is 5.91 Å². The van der Waals surface area contributed by atoms with Gasteiger partial charge in [-0.25, -0.2) is 0 Å². The zero-order valence-corrected chi connectivity index (χ0v) is 14.8. The number of carbonyl (C=O) groups is 1. The minimum absolute atomic E-state index is 0.274. The van der Waals surface area contributed by atoms with E-state index >= 15 is 0 Å². The van der Waals surface area contributed by atoms with Crippen molar-refractivity contribution >= 4 is 17.3 Å². The van der Waals surface area contributed by atoms with Crippen LogP contribution in [0, 0.1) is 0 Å². The lowest BCUT2D eigenvalue weighted by atomic mass is 10.0. The molecule has 0 spiro atoms. The third-order valence-electron chi connectivity index (χ3n) is 4.04.